The minimum absolute atomic E-state index is 0.151. The third kappa shape index (κ3) is 4.32. The average Bonchev–Trinajstić information content (AvgIpc) is 3.08. The highest BCUT2D eigenvalue weighted by atomic mass is 16.5. The lowest BCUT2D eigenvalue weighted by Crippen LogP contribution is -2.45. The van der Waals surface area contributed by atoms with Crippen molar-refractivity contribution in [3.05, 3.63) is 53.9 Å². The molecule has 0 saturated carbocycles. The third-order valence-corrected chi connectivity index (χ3v) is 5.86. The molecule has 1 saturated heterocycles. The molecular weight excluding hydrogens is 378 g/mol. The number of anilines is 1. The van der Waals surface area contributed by atoms with E-state index < -0.39 is 0 Å². The summed E-state index contributed by atoms with van der Waals surface area (Å²) in [7, 11) is 3.67. The van der Waals surface area contributed by atoms with Crippen molar-refractivity contribution in [1.82, 2.24) is 19.4 Å². The number of aryl methyl sites for hydroxylation is 1. The van der Waals surface area contributed by atoms with Crippen LogP contribution in [-0.4, -0.2) is 65.1 Å². The average molecular weight is 408 g/mol. The largest absolute Gasteiger partial charge is 0.497 e. The highest BCUT2D eigenvalue weighted by Gasteiger charge is 2.18. The number of fused-ring (bicyclic) bond motifs is 1. The smallest absolute Gasteiger partial charge is 0.255 e. The molecule has 0 unspecified atom stereocenters. The molecule has 4 rings (SSSR count). The number of nitrogens with zero attached hydrogens (tertiary/aromatic N) is 4. The van der Waals surface area contributed by atoms with Crippen molar-refractivity contribution in [3.63, 3.8) is 0 Å². The Morgan fingerprint density at radius 3 is 2.43 bits per heavy atom. The number of hydrogen-bond acceptors (Lipinski definition) is 5. The van der Waals surface area contributed by atoms with Crippen LogP contribution in [0.1, 0.15) is 23.1 Å². The summed E-state index contributed by atoms with van der Waals surface area (Å²) in [6.07, 6.45) is 0. The van der Waals surface area contributed by atoms with Crippen LogP contribution in [0.5, 0.6) is 5.75 Å². The molecule has 1 aliphatic rings. The highest BCUT2D eigenvalue weighted by Crippen LogP contribution is 2.22. The van der Waals surface area contributed by atoms with E-state index >= 15 is 0 Å². The second-order valence-electron chi connectivity index (χ2n) is 7.68. The van der Waals surface area contributed by atoms with E-state index in [1.165, 1.54) is 0 Å². The number of piperazine rings is 1. The van der Waals surface area contributed by atoms with Gasteiger partial charge in [-0.05, 0) is 49.0 Å². The molecule has 2 aromatic carbocycles. The molecule has 2 heterocycles. The van der Waals surface area contributed by atoms with Gasteiger partial charge in [-0.15, -0.1) is 0 Å². The number of imidazole rings is 1. The lowest BCUT2D eigenvalue weighted by atomic mass is 10.2. The van der Waals surface area contributed by atoms with Crippen molar-refractivity contribution in [1.29, 1.82) is 0 Å². The van der Waals surface area contributed by atoms with Gasteiger partial charge in [-0.25, -0.2) is 4.98 Å². The van der Waals surface area contributed by atoms with Crippen LogP contribution in [-0.2, 0) is 13.6 Å². The first-order chi connectivity index (χ1) is 14.6. The van der Waals surface area contributed by atoms with Crippen LogP contribution in [0.2, 0.25) is 0 Å². The fraction of sp³-hybridized carbons (Fsp3) is 0.391. The summed E-state index contributed by atoms with van der Waals surface area (Å²) < 4.78 is 7.30. The van der Waals surface area contributed by atoms with Crippen LogP contribution < -0.4 is 10.1 Å². The third-order valence-electron chi connectivity index (χ3n) is 5.86. The predicted molar refractivity (Wildman–Crippen MR) is 119 cm³/mol. The number of carbonyl (C=O) groups excluding carboxylic acids is 1. The molecule has 1 N–H and O–H groups in total. The predicted octanol–water partition coefficient (Wildman–Crippen LogP) is 2.97. The topological polar surface area (TPSA) is 62.6 Å². The summed E-state index contributed by atoms with van der Waals surface area (Å²) in [5, 5.41) is 2.96. The molecule has 7 heteroatoms. The monoisotopic (exact) mass is 407 g/mol. The Balaban J connectivity index is 1.46. The summed E-state index contributed by atoms with van der Waals surface area (Å²) in [5.74, 6) is 1.63. The van der Waals surface area contributed by atoms with Gasteiger partial charge < -0.3 is 19.5 Å². The molecule has 30 heavy (non-hydrogen) atoms. The van der Waals surface area contributed by atoms with Crippen molar-refractivity contribution < 1.29 is 9.53 Å². The number of methoxy groups -OCH3 is 1. The van der Waals surface area contributed by atoms with Gasteiger partial charge in [-0.3, -0.25) is 9.69 Å². The maximum Gasteiger partial charge on any atom is 0.255 e. The van der Waals surface area contributed by atoms with Gasteiger partial charge in [0, 0.05) is 44.5 Å². The first-order valence-corrected chi connectivity index (χ1v) is 10.4. The summed E-state index contributed by atoms with van der Waals surface area (Å²) in [6, 6.07) is 13.0. The van der Waals surface area contributed by atoms with E-state index in [4.69, 9.17) is 9.72 Å². The van der Waals surface area contributed by atoms with Crippen molar-refractivity contribution in [2.75, 3.05) is 45.2 Å². The Morgan fingerprint density at radius 2 is 1.77 bits per heavy atom. The van der Waals surface area contributed by atoms with E-state index in [9.17, 15) is 4.79 Å². The highest BCUT2D eigenvalue weighted by molar-refractivity contribution is 6.05. The molecule has 1 amide bonds. The lowest BCUT2D eigenvalue weighted by Gasteiger charge is -2.33. The van der Waals surface area contributed by atoms with Gasteiger partial charge in [0.05, 0.1) is 24.7 Å². The van der Waals surface area contributed by atoms with Gasteiger partial charge in [0.2, 0.25) is 0 Å². The fourth-order valence-corrected chi connectivity index (χ4v) is 3.88. The number of amides is 1. The van der Waals surface area contributed by atoms with Gasteiger partial charge in [-0.2, -0.15) is 0 Å². The molecule has 7 nitrogen and oxygen atoms in total. The Hall–Kier alpha value is -2.90. The first kappa shape index (κ1) is 20.4. The number of benzene rings is 2. The van der Waals surface area contributed by atoms with Gasteiger partial charge in [0.15, 0.2) is 0 Å². The zero-order valence-corrected chi connectivity index (χ0v) is 17.9. The van der Waals surface area contributed by atoms with Crippen molar-refractivity contribution in [2.24, 2.45) is 7.05 Å². The SMILES string of the molecule is CCN1CCN(Cc2nc3cc(NC(=O)c4ccc(OC)cc4)ccc3n2C)CC1. The second-order valence-corrected chi connectivity index (χ2v) is 7.68. The molecule has 1 fully saturated rings. The fourth-order valence-electron chi connectivity index (χ4n) is 3.88. The summed E-state index contributed by atoms with van der Waals surface area (Å²) >= 11 is 0. The molecule has 0 atom stereocenters. The number of likely N-dealkylation sites (N-methyl/N-ethyl adjacent to an activating group) is 1. The van der Waals surface area contributed by atoms with Crippen LogP contribution in [0.4, 0.5) is 5.69 Å². The summed E-state index contributed by atoms with van der Waals surface area (Å²) in [6.45, 7) is 8.54. The van der Waals surface area contributed by atoms with Gasteiger partial charge in [0.25, 0.3) is 5.91 Å². The van der Waals surface area contributed by atoms with Gasteiger partial charge in [-0.1, -0.05) is 6.92 Å². The molecule has 1 aliphatic heterocycles. The number of nitrogens with one attached hydrogen (secondary N) is 1. The van der Waals surface area contributed by atoms with Crippen LogP contribution in [0.25, 0.3) is 11.0 Å². The molecule has 0 aliphatic carbocycles. The molecule has 3 aromatic rings. The normalized spacial score (nSPS) is 15.4. The van der Waals surface area contributed by atoms with Crippen LogP contribution in [0, 0.1) is 0 Å². The summed E-state index contributed by atoms with van der Waals surface area (Å²) in [4.78, 5) is 22.3. The van der Waals surface area contributed by atoms with Crippen LogP contribution in [0.15, 0.2) is 42.5 Å². The number of hydrogen-bond donors (Lipinski definition) is 1. The lowest BCUT2D eigenvalue weighted by molar-refractivity contribution is 0.102. The van der Waals surface area contributed by atoms with Crippen molar-refractivity contribution in [3.8, 4) is 5.75 Å². The molecular formula is C23H29N5O2. The van der Waals surface area contributed by atoms with Gasteiger partial charge >= 0.3 is 0 Å². The van der Waals surface area contributed by atoms with Gasteiger partial charge in [0.1, 0.15) is 11.6 Å². The Bertz CT molecular complexity index is 1020. The Kier molecular flexibility index (Phi) is 6.01. The molecule has 1 aromatic heterocycles. The van der Waals surface area contributed by atoms with E-state index in [1.54, 1.807) is 31.4 Å². The maximum atomic E-state index is 12.5. The van der Waals surface area contributed by atoms with Crippen LogP contribution in [0.3, 0.4) is 0 Å². The number of rotatable bonds is 6. The minimum atomic E-state index is -0.151. The first-order valence-electron chi connectivity index (χ1n) is 10.4. The molecule has 0 bridgehead atoms. The standard InChI is InChI=1S/C23H29N5O2/c1-4-27-11-13-28(14-12-27)16-22-25-20-15-18(7-10-21(20)26(22)2)24-23(29)17-5-8-19(30-3)9-6-17/h5-10,15H,4,11-14,16H2,1-3H3,(H,24,29). The maximum absolute atomic E-state index is 12.5. The van der Waals surface area contributed by atoms with Crippen LogP contribution >= 0.6 is 0 Å². The molecule has 158 valence electrons. The zero-order valence-electron chi connectivity index (χ0n) is 17.9. The van der Waals surface area contributed by atoms with E-state index in [1.807, 2.05) is 18.2 Å². The van der Waals surface area contributed by atoms with E-state index in [0.29, 0.717) is 5.56 Å². The zero-order chi connectivity index (χ0) is 21.1. The van der Waals surface area contributed by atoms with E-state index in [2.05, 4.69) is 33.7 Å². The Morgan fingerprint density at radius 1 is 1.07 bits per heavy atom. The van der Waals surface area contributed by atoms with E-state index in [-0.39, 0.29) is 5.91 Å². The second kappa shape index (κ2) is 8.85. The van der Waals surface area contributed by atoms with E-state index in [0.717, 1.165) is 67.6 Å². The Labute approximate surface area is 177 Å². The quantitative estimate of drug-likeness (QED) is 0.681. The number of carbonyl (C=O) groups is 1. The van der Waals surface area contributed by atoms with Crippen molar-refractivity contribution in [2.45, 2.75) is 13.5 Å². The van der Waals surface area contributed by atoms with Crippen molar-refractivity contribution >= 4 is 22.6 Å². The molecule has 0 spiro atoms. The number of aromatic nitrogens is 2. The number of ether oxygens (including phenoxy) is 1. The molecule has 0 radical (unpaired) electrons. The minimum Gasteiger partial charge on any atom is -0.497 e. The summed E-state index contributed by atoms with van der Waals surface area (Å²) in [5.41, 5.74) is 3.29.